The number of nitrogens with zero attached hydrogens (tertiary/aromatic N) is 2. The zero-order valence-corrected chi connectivity index (χ0v) is 11.2. The molecule has 6 nitrogen and oxygen atoms in total. The number of hydrogen-bond acceptors (Lipinski definition) is 6. The topological polar surface area (TPSA) is 79.3 Å². The molecule has 1 aromatic rings. The van der Waals surface area contributed by atoms with Gasteiger partial charge in [0.2, 0.25) is 5.95 Å². The second kappa shape index (κ2) is 7.84. The third-order valence-electron chi connectivity index (χ3n) is 2.33. The van der Waals surface area contributed by atoms with Crippen LogP contribution in [-0.4, -0.2) is 48.0 Å². The Morgan fingerprint density at radius 3 is 2.83 bits per heavy atom. The number of aliphatic hydroxyl groups is 1. The van der Waals surface area contributed by atoms with Crippen LogP contribution in [0.15, 0.2) is 6.07 Å². The molecule has 1 unspecified atom stereocenters. The van der Waals surface area contributed by atoms with Gasteiger partial charge < -0.3 is 20.5 Å². The van der Waals surface area contributed by atoms with Gasteiger partial charge in [0.25, 0.3) is 0 Å². The minimum absolute atomic E-state index is 0.00534. The summed E-state index contributed by atoms with van der Waals surface area (Å²) in [6.07, 6.45) is 1.02. The maximum absolute atomic E-state index is 9.20. The normalized spacial score (nSPS) is 12.2. The third-order valence-corrected chi connectivity index (χ3v) is 2.33. The Bertz CT molecular complexity index is 360. The van der Waals surface area contributed by atoms with E-state index in [1.54, 1.807) is 7.11 Å². The van der Waals surface area contributed by atoms with E-state index in [4.69, 9.17) is 4.74 Å². The van der Waals surface area contributed by atoms with Crippen molar-refractivity contribution in [3.63, 3.8) is 0 Å². The lowest BCUT2D eigenvalue weighted by atomic mass is 10.3. The standard InChI is InChI=1S/C12H22N4O2/c1-4-5-13-12-14-9(2)6-11(16-12)15-10(7-17)8-18-3/h6,10,17H,4-5,7-8H2,1-3H3,(H2,13,14,15,16). The summed E-state index contributed by atoms with van der Waals surface area (Å²) in [7, 11) is 1.60. The number of aryl methyl sites for hydroxylation is 1. The van der Waals surface area contributed by atoms with Crippen LogP contribution in [0.2, 0.25) is 0 Å². The van der Waals surface area contributed by atoms with E-state index in [1.807, 2.05) is 13.0 Å². The molecule has 18 heavy (non-hydrogen) atoms. The first kappa shape index (κ1) is 14.7. The largest absolute Gasteiger partial charge is 0.394 e. The van der Waals surface area contributed by atoms with E-state index < -0.39 is 0 Å². The van der Waals surface area contributed by atoms with Gasteiger partial charge >= 0.3 is 0 Å². The van der Waals surface area contributed by atoms with E-state index in [9.17, 15) is 5.11 Å². The number of methoxy groups -OCH3 is 1. The molecule has 0 aromatic carbocycles. The van der Waals surface area contributed by atoms with E-state index in [-0.39, 0.29) is 12.6 Å². The molecule has 1 atom stereocenters. The Hall–Kier alpha value is -1.40. The van der Waals surface area contributed by atoms with Crippen LogP contribution in [0.1, 0.15) is 19.0 Å². The molecule has 0 saturated carbocycles. The smallest absolute Gasteiger partial charge is 0.224 e. The van der Waals surface area contributed by atoms with Gasteiger partial charge in [-0.05, 0) is 13.3 Å². The lowest BCUT2D eigenvalue weighted by Crippen LogP contribution is -2.29. The molecule has 6 heteroatoms. The van der Waals surface area contributed by atoms with Crippen LogP contribution in [0, 0.1) is 6.92 Å². The lowest BCUT2D eigenvalue weighted by molar-refractivity contribution is 0.153. The van der Waals surface area contributed by atoms with Crippen LogP contribution in [0.4, 0.5) is 11.8 Å². The molecule has 3 N–H and O–H groups in total. The highest BCUT2D eigenvalue weighted by Crippen LogP contribution is 2.10. The Morgan fingerprint density at radius 2 is 2.22 bits per heavy atom. The summed E-state index contributed by atoms with van der Waals surface area (Å²) in [4.78, 5) is 8.64. The molecule has 0 aliphatic heterocycles. The minimum Gasteiger partial charge on any atom is -0.394 e. The summed E-state index contributed by atoms with van der Waals surface area (Å²) in [6.45, 7) is 5.26. The molecule has 0 amide bonds. The van der Waals surface area contributed by atoms with Crippen molar-refractivity contribution in [3.8, 4) is 0 Å². The van der Waals surface area contributed by atoms with Crippen LogP contribution in [0.25, 0.3) is 0 Å². The fraction of sp³-hybridized carbons (Fsp3) is 0.667. The molecule has 0 spiro atoms. The number of aliphatic hydroxyl groups excluding tert-OH is 1. The van der Waals surface area contributed by atoms with E-state index in [1.165, 1.54) is 0 Å². The van der Waals surface area contributed by atoms with Gasteiger partial charge in [-0.15, -0.1) is 0 Å². The summed E-state index contributed by atoms with van der Waals surface area (Å²) < 4.78 is 5.01. The number of aromatic nitrogens is 2. The van der Waals surface area contributed by atoms with Crippen LogP contribution < -0.4 is 10.6 Å². The van der Waals surface area contributed by atoms with E-state index in [0.29, 0.717) is 18.4 Å². The molecular formula is C12H22N4O2. The molecule has 1 heterocycles. The first-order valence-corrected chi connectivity index (χ1v) is 6.15. The molecule has 0 saturated heterocycles. The van der Waals surface area contributed by atoms with Gasteiger partial charge in [-0.25, -0.2) is 4.98 Å². The summed E-state index contributed by atoms with van der Waals surface area (Å²) >= 11 is 0. The van der Waals surface area contributed by atoms with Gasteiger partial charge in [0.1, 0.15) is 5.82 Å². The second-order valence-corrected chi connectivity index (χ2v) is 4.12. The van der Waals surface area contributed by atoms with Crippen LogP contribution >= 0.6 is 0 Å². The number of nitrogens with one attached hydrogen (secondary N) is 2. The highest BCUT2D eigenvalue weighted by atomic mass is 16.5. The van der Waals surface area contributed by atoms with Gasteiger partial charge in [-0.1, -0.05) is 6.92 Å². The quantitative estimate of drug-likeness (QED) is 0.643. The lowest BCUT2D eigenvalue weighted by Gasteiger charge is -2.16. The van der Waals surface area contributed by atoms with Gasteiger partial charge in [-0.2, -0.15) is 4.98 Å². The monoisotopic (exact) mass is 254 g/mol. The number of rotatable bonds is 8. The Balaban J connectivity index is 2.71. The van der Waals surface area contributed by atoms with Crippen LogP contribution in [0.5, 0.6) is 0 Å². The summed E-state index contributed by atoms with van der Waals surface area (Å²) in [5.41, 5.74) is 0.875. The molecule has 102 valence electrons. The predicted octanol–water partition coefficient (Wildman–Crippen LogP) is 1.03. The second-order valence-electron chi connectivity index (χ2n) is 4.12. The summed E-state index contributed by atoms with van der Waals surface area (Å²) in [5.74, 6) is 1.30. The fourth-order valence-corrected chi connectivity index (χ4v) is 1.51. The highest BCUT2D eigenvalue weighted by molar-refractivity contribution is 5.42. The molecule has 0 aliphatic rings. The van der Waals surface area contributed by atoms with Crippen molar-refractivity contribution in [1.82, 2.24) is 9.97 Å². The van der Waals surface area contributed by atoms with Crippen molar-refractivity contribution in [2.24, 2.45) is 0 Å². The zero-order chi connectivity index (χ0) is 13.4. The number of hydrogen-bond donors (Lipinski definition) is 3. The predicted molar refractivity (Wildman–Crippen MR) is 71.9 cm³/mol. The highest BCUT2D eigenvalue weighted by Gasteiger charge is 2.09. The van der Waals surface area contributed by atoms with Gasteiger partial charge in [-0.3, -0.25) is 0 Å². The maximum Gasteiger partial charge on any atom is 0.224 e. The molecule has 1 aromatic heterocycles. The Morgan fingerprint density at radius 1 is 1.44 bits per heavy atom. The number of anilines is 2. The Kier molecular flexibility index (Phi) is 6.38. The average Bonchev–Trinajstić information content (AvgIpc) is 2.35. The maximum atomic E-state index is 9.20. The zero-order valence-electron chi connectivity index (χ0n) is 11.2. The number of ether oxygens (including phenoxy) is 1. The summed E-state index contributed by atoms with van der Waals surface area (Å²) in [6, 6.07) is 1.68. The van der Waals surface area contributed by atoms with Crippen molar-refractivity contribution < 1.29 is 9.84 Å². The van der Waals surface area contributed by atoms with Crippen molar-refractivity contribution in [1.29, 1.82) is 0 Å². The van der Waals surface area contributed by atoms with Crippen molar-refractivity contribution in [3.05, 3.63) is 11.8 Å². The molecular weight excluding hydrogens is 232 g/mol. The van der Waals surface area contributed by atoms with Gasteiger partial charge in [0.15, 0.2) is 0 Å². The van der Waals surface area contributed by atoms with E-state index >= 15 is 0 Å². The first-order valence-electron chi connectivity index (χ1n) is 6.15. The van der Waals surface area contributed by atoms with Crippen molar-refractivity contribution >= 4 is 11.8 Å². The average molecular weight is 254 g/mol. The van der Waals surface area contributed by atoms with Crippen molar-refractivity contribution in [2.75, 3.05) is 37.5 Å². The minimum atomic E-state index is -0.164. The molecule has 1 rings (SSSR count). The molecule has 0 fully saturated rings. The molecule has 0 bridgehead atoms. The van der Waals surface area contributed by atoms with Crippen LogP contribution in [0.3, 0.4) is 0 Å². The Labute approximate surface area is 108 Å². The molecule has 0 aliphatic carbocycles. The van der Waals surface area contributed by atoms with Crippen molar-refractivity contribution in [2.45, 2.75) is 26.3 Å². The third kappa shape index (κ3) is 4.85. The summed E-state index contributed by atoms with van der Waals surface area (Å²) in [5, 5.41) is 15.5. The fourth-order valence-electron chi connectivity index (χ4n) is 1.51. The SMILES string of the molecule is CCCNc1nc(C)cc(NC(CO)COC)n1. The molecule has 0 radical (unpaired) electrons. The first-order chi connectivity index (χ1) is 8.69. The van der Waals surface area contributed by atoms with Gasteiger partial charge in [0.05, 0.1) is 19.3 Å². The van der Waals surface area contributed by atoms with Crippen LogP contribution in [-0.2, 0) is 4.74 Å². The van der Waals surface area contributed by atoms with Gasteiger partial charge in [0, 0.05) is 25.4 Å². The van der Waals surface area contributed by atoms with E-state index in [0.717, 1.165) is 18.7 Å². The van der Waals surface area contributed by atoms with E-state index in [2.05, 4.69) is 27.5 Å².